The standard InChI is InChI=1S/C17H26ClN5O2/c1-17(2,3)25-16(24)22-7-5-6-12(11-22)23-9-8-21(4)13-10-14(18)19-20-15(13)23/h10,12H,5-9,11H2,1-4H3/t12-/m1/s1. The lowest BCUT2D eigenvalue weighted by molar-refractivity contribution is 0.0197. The molecule has 1 aromatic rings. The molecule has 25 heavy (non-hydrogen) atoms. The molecule has 0 aliphatic carbocycles. The van der Waals surface area contributed by atoms with Crippen molar-refractivity contribution >= 4 is 29.2 Å². The number of nitrogens with zero attached hydrogens (tertiary/aromatic N) is 5. The lowest BCUT2D eigenvalue weighted by Crippen LogP contribution is -2.54. The minimum absolute atomic E-state index is 0.212. The van der Waals surface area contributed by atoms with Crippen LogP contribution in [0.25, 0.3) is 0 Å². The van der Waals surface area contributed by atoms with Crippen LogP contribution in [0, 0.1) is 0 Å². The Hall–Kier alpha value is -1.76. The van der Waals surface area contributed by atoms with E-state index < -0.39 is 5.60 Å². The third-order valence-electron chi connectivity index (χ3n) is 4.57. The predicted octanol–water partition coefficient (Wildman–Crippen LogP) is 2.79. The molecule has 1 atom stereocenters. The first-order chi connectivity index (χ1) is 11.7. The van der Waals surface area contributed by atoms with Gasteiger partial charge in [-0.15, -0.1) is 10.2 Å². The Morgan fingerprint density at radius 3 is 2.76 bits per heavy atom. The number of hydrogen-bond acceptors (Lipinski definition) is 6. The van der Waals surface area contributed by atoms with Crippen molar-refractivity contribution in [3.8, 4) is 0 Å². The summed E-state index contributed by atoms with van der Waals surface area (Å²) in [5, 5.41) is 8.73. The summed E-state index contributed by atoms with van der Waals surface area (Å²) >= 11 is 6.01. The molecule has 2 aliphatic rings. The Kier molecular flexibility index (Phi) is 4.95. The maximum absolute atomic E-state index is 12.4. The number of rotatable bonds is 1. The molecule has 1 fully saturated rings. The fraction of sp³-hybridized carbons (Fsp3) is 0.706. The number of carbonyl (C=O) groups is 1. The number of amides is 1. The first-order valence-corrected chi connectivity index (χ1v) is 9.11. The molecule has 0 aromatic carbocycles. The average Bonchev–Trinajstić information content (AvgIpc) is 2.54. The van der Waals surface area contributed by atoms with Crippen LogP contribution in [0.3, 0.4) is 0 Å². The van der Waals surface area contributed by atoms with Gasteiger partial charge in [0.25, 0.3) is 0 Å². The van der Waals surface area contributed by atoms with E-state index in [1.165, 1.54) is 0 Å². The van der Waals surface area contributed by atoms with Crippen LogP contribution in [-0.4, -0.2) is 66.1 Å². The van der Waals surface area contributed by atoms with Crippen molar-refractivity contribution in [3.05, 3.63) is 11.2 Å². The zero-order valence-electron chi connectivity index (χ0n) is 15.3. The third kappa shape index (κ3) is 4.08. The molecule has 3 heterocycles. The maximum Gasteiger partial charge on any atom is 0.410 e. The van der Waals surface area contributed by atoms with Crippen LogP contribution in [0.2, 0.25) is 5.15 Å². The van der Waals surface area contributed by atoms with Gasteiger partial charge in [0.05, 0.1) is 5.69 Å². The van der Waals surface area contributed by atoms with Gasteiger partial charge in [-0.05, 0) is 33.6 Å². The van der Waals surface area contributed by atoms with E-state index in [0.29, 0.717) is 11.7 Å². The molecule has 0 bridgehead atoms. The monoisotopic (exact) mass is 367 g/mol. The van der Waals surface area contributed by atoms with E-state index >= 15 is 0 Å². The highest BCUT2D eigenvalue weighted by atomic mass is 35.5. The van der Waals surface area contributed by atoms with Crippen molar-refractivity contribution in [1.82, 2.24) is 15.1 Å². The summed E-state index contributed by atoms with van der Waals surface area (Å²) in [5.74, 6) is 0.842. The summed E-state index contributed by atoms with van der Waals surface area (Å²) in [4.78, 5) is 18.6. The second-order valence-corrected chi connectivity index (χ2v) is 8.10. The molecule has 0 N–H and O–H groups in total. The third-order valence-corrected chi connectivity index (χ3v) is 4.76. The van der Waals surface area contributed by atoms with E-state index in [1.807, 2.05) is 33.9 Å². The Balaban J connectivity index is 1.76. The maximum atomic E-state index is 12.4. The fourth-order valence-corrected chi connectivity index (χ4v) is 3.52. The van der Waals surface area contributed by atoms with Gasteiger partial charge in [0.1, 0.15) is 5.60 Å². The lowest BCUT2D eigenvalue weighted by Gasteiger charge is -2.44. The topological polar surface area (TPSA) is 61.8 Å². The highest BCUT2D eigenvalue weighted by Gasteiger charge is 2.34. The quantitative estimate of drug-likeness (QED) is 0.760. The van der Waals surface area contributed by atoms with Gasteiger partial charge in [-0.1, -0.05) is 11.6 Å². The SMILES string of the molecule is CN1CCN([C@@H]2CCCN(C(=O)OC(C)(C)C)C2)c2nnc(Cl)cc21. The average molecular weight is 368 g/mol. The van der Waals surface area contributed by atoms with Crippen molar-refractivity contribution in [3.63, 3.8) is 0 Å². The number of likely N-dealkylation sites (N-methyl/N-ethyl adjacent to an activating group) is 1. The highest BCUT2D eigenvalue weighted by Crippen LogP contribution is 2.34. The fourth-order valence-electron chi connectivity index (χ4n) is 3.38. The molecule has 0 saturated carbocycles. The highest BCUT2D eigenvalue weighted by molar-refractivity contribution is 6.29. The van der Waals surface area contributed by atoms with Gasteiger partial charge in [0.2, 0.25) is 0 Å². The lowest BCUT2D eigenvalue weighted by atomic mass is 10.0. The Morgan fingerprint density at radius 1 is 1.28 bits per heavy atom. The van der Waals surface area contributed by atoms with E-state index in [0.717, 1.165) is 44.0 Å². The van der Waals surface area contributed by atoms with Crippen molar-refractivity contribution in [2.75, 3.05) is 43.0 Å². The molecule has 138 valence electrons. The molecular formula is C17H26ClN5O2. The molecule has 0 radical (unpaired) electrons. The zero-order valence-corrected chi connectivity index (χ0v) is 16.1. The summed E-state index contributed by atoms with van der Waals surface area (Å²) in [7, 11) is 2.03. The molecular weight excluding hydrogens is 342 g/mol. The molecule has 1 saturated heterocycles. The van der Waals surface area contributed by atoms with Gasteiger partial charge in [-0.3, -0.25) is 0 Å². The van der Waals surface area contributed by atoms with Crippen molar-refractivity contribution in [2.24, 2.45) is 0 Å². The Labute approximate surface area is 153 Å². The van der Waals surface area contributed by atoms with Gasteiger partial charge < -0.3 is 19.4 Å². The summed E-state index contributed by atoms with van der Waals surface area (Å²) in [6.07, 6.45) is 1.73. The molecule has 0 spiro atoms. The largest absolute Gasteiger partial charge is 0.444 e. The Morgan fingerprint density at radius 2 is 2.04 bits per heavy atom. The summed E-state index contributed by atoms with van der Waals surface area (Å²) in [6.45, 7) is 8.79. The number of likely N-dealkylation sites (tertiary alicyclic amines) is 1. The van der Waals surface area contributed by atoms with Crippen LogP contribution in [0.15, 0.2) is 6.07 Å². The van der Waals surface area contributed by atoms with Gasteiger partial charge in [0.15, 0.2) is 11.0 Å². The first kappa shape index (κ1) is 18.0. The van der Waals surface area contributed by atoms with Crippen LogP contribution in [-0.2, 0) is 4.74 Å². The Bertz CT molecular complexity index is 648. The van der Waals surface area contributed by atoms with Gasteiger partial charge >= 0.3 is 6.09 Å². The summed E-state index contributed by atoms with van der Waals surface area (Å²) < 4.78 is 5.53. The first-order valence-electron chi connectivity index (χ1n) is 8.73. The van der Waals surface area contributed by atoms with Gasteiger partial charge in [0, 0.05) is 45.3 Å². The molecule has 2 aliphatic heterocycles. The number of ether oxygens (including phenoxy) is 1. The van der Waals surface area contributed by atoms with E-state index in [2.05, 4.69) is 20.0 Å². The molecule has 3 rings (SSSR count). The number of piperidine rings is 1. The van der Waals surface area contributed by atoms with E-state index in [-0.39, 0.29) is 12.1 Å². The van der Waals surface area contributed by atoms with E-state index in [1.54, 1.807) is 4.90 Å². The molecule has 0 unspecified atom stereocenters. The predicted molar refractivity (Wildman–Crippen MR) is 98.5 cm³/mol. The van der Waals surface area contributed by atoms with Crippen molar-refractivity contribution in [1.29, 1.82) is 0 Å². The van der Waals surface area contributed by atoms with E-state index in [4.69, 9.17) is 16.3 Å². The number of hydrogen-bond donors (Lipinski definition) is 0. The van der Waals surface area contributed by atoms with E-state index in [9.17, 15) is 4.79 Å². The smallest absolute Gasteiger partial charge is 0.410 e. The summed E-state index contributed by atoms with van der Waals surface area (Å²) in [5.41, 5.74) is 0.507. The molecule has 8 heteroatoms. The number of carbonyl (C=O) groups excluding carboxylic acids is 1. The second kappa shape index (κ2) is 6.86. The number of anilines is 2. The summed E-state index contributed by atoms with van der Waals surface area (Å²) in [6, 6.07) is 2.06. The zero-order chi connectivity index (χ0) is 18.2. The molecule has 1 aromatic heterocycles. The van der Waals surface area contributed by atoms with Gasteiger partial charge in [-0.2, -0.15) is 0 Å². The number of halogens is 1. The number of aromatic nitrogens is 2. The van der Waals surface area contributed by atoms with Crippen LogP contribution in [0.4, 0.5) is 16.3 Å². The normalized spacial score (nSPS) is 21.2. The molecule has 1 amide bonds. The second-order valence-electron chi connectivity index (χ2n) is 7.71. The van der Waals surface area contributed by atoms with Crippen molar-refractivity contribution < 1.29 is 9.53 Å². The number of fused-ring (bicyclic) bond motifs is 1. The minimum Gasteiger partial charge on any atom is -0.444 e. The van der Waals surface area contributed by atoms with Crippen LogP contribution in [0.1, 0.15) is 33.6 Å². The van der Waals surface area contributed by atoms with Crippen LogP contribution >= 0.6 is 11.6 Å². The molecule has 7 nitrogen and oxygen atoms in total. The van der Waals surface area contributed by atoms with Gasteiger partial charge in [-0.25, -0.2) is 4.79 Å². The van der Waals surface area contributed by atoms with Crippen molar-refractivity contribution in [2.45, 2.75) is 45.3 Å². The van der Waals surface area contributed by atoms with Crippen LogP contribution in [0.5, 0.6) is 0 Å². The van der Waals surface area contributed by atoms with Crippen LogP contribution < -0.4 is 9.80 Å². The minimum atomic E-state index is -0.479.